The van der Waals surface area contributed by atoms with E-state index in [1.807, 2.05) is 28.9 Å². The van der Waals surface area contributed by atoms with Crippen LogP contribution in [0.2, 0.25) is 0 Å². The van der Waals surface area contributed by atoms with Gasteiger partial charge in [0.25, 0.3) is 0 Å². The van der Waals surface area contributed by atoms with E-state index in [2.05, 4.69) is 29.0 Å². The largest absolute Gasteiger partial charge is 0.384 e. The van der Waals surface area contributed by atoms with Gasteiger partial charge < -0.3 is 15.1 Å². The fraction of sp³-hybridized carbons (Fsp3) is 0.480. The first-order valence-electron chi connectivity index (χ1n) is 11.9. The number of carbonyl (C=O) groups is 2. The van der Waals surface area contributed by atoms with Crippen LogP contribution in [0.25, 0.3) is 0 Å². The quantitative estimate of drug-likeness (QED) is 0.322. The smallest absolute Gasteiger partial charge is 0.226 e. The molecular formula is C25H30N6O2S. The van der Waals surface area contributed by atoms with E-state index in [9.17, 15) is 14.9 Å². The Hall–Kier alpha value is -3.12. The van der Waals surface area contributed by atoms with E-state index in [4.69, 9.17) is 4.98 Å². The van der Waals surface area contributed by atoms with Gasteiger partial charge in [0.15, 0.2) is 6.29 Å². The van der Waals surface area contributed by atoms with Crippen molar-refractivity contribution in [3.05, 3.63) is 40.7 Å². The van der Waals surface area contributed by atoms with Gasteiger partial charge in [-0.3, -0.25) is 9.59 Å². The number of hydrogen-bond donors (Lipinski definition) is 2. The number of amides is 1. The molecule has 0 spiro atoms. The first-order chi connectivity index (χ1) is 16.6. The number of thiol groups is 1. The van der Waals surface area contributed by atoms with Crippen LogP contribution in [0.1, 0.15) is 59.8 Å². The Bertz CT molecular complexity index is 1120. The normalized spacial score (nSPS) is 17.4. The molecule has 2 aliphatic heterocycles. The Morgan fingerprint density at radius 1 is 1.35 bits per heavy atom. The monoisotopic (exact) mass is 478 g/mol. The van der Waals surface area contributed by atoms with Crippen LogP contribution in [0.4, 0.5) is 17.3 Å². The zero-order chi connectivity index (χ0) is 24.1. The molecule has 1 fully saturated rings. The summed E-state index contributed by atoms with van der Waals surface area (Å²) in [5.74, 6) is 2.41. The van der Waals surface area contributed by atoms with E-state index in [-0.39, 0.29) is 11.8 Å². The molecule has 1 amide bonds. The summed E-state index contributed by atoms with van der Waals surface area (Å²) in [6.07, 6.45) is 6.70. The molecule has 1 saturated heterocycles. The number of nitrogens with one attached hydrogen (secondary N) is 1. The van der Waals surface area contributed by atoms with Gasteiger partial charge in [-0.1, -0.05) is 6.92 Å². The van der Waals surface area contributed by atoms with Crippen molar-refractivity contribution >= 4 is 42.1 Å². The minimum absolute atomic E-state index is 0.0822. The number of nitriles is 1. The highest BCUT2D eigenvalue weighted by Gasteiger charge is 2.31. The van der Waals surface area contributed by atoms with E-state index in [1.165, 1.54) is 0 Å². The van der Waals surface area contributed by atoms with Gasteiger partial charge in [0.1, 0.15) is 23.4 Å². The van der Waals surface area contributed by atoms with Crippen molar-refractivity contribution in [1.82, 2.24) is 14.9 Å². The topological polar surface area (TPSA) is 102 Å². The molecule has 2 aromatic heterocycles. The van der Waals surface area contributed by atoms with Gasteiger partial charge >= 0.3 is 0 Å². The zero-order valence-electron chi connectivity index (χ0n) is 19.5. The van der Waals surface area contributed by atoms with Crippen LogP contribution in [0.15, 0.2) is 18.3 Å². The van der Waals surface area contributed by atoms with Gasteiger partial charge in [0.2, 0.25) is 5.91 Å². The fourth-order valence-electron chi connectivity index (χ4n) is 4.68. The first kappa shape index (κ1) is 24.0. The standard InChI is InChI=1S/C25H30N6O2S/c1-2-17-6-9-30(25(17)33)15-19-11-18-5-3-8-31(24(18)29-22(19)16-32)23-12-21(27-7-4-10-34)20(13-26)14-28-23/h11-12,14,16-17,34H,2-10,15H2,1H3,(H,27,28). The molecule has 178 valence electrons. The molecular weight excluding hydrogens is 448 g/mol. The minimum atomic E-state index is 0.0822. The van der Waals surface area contributed by atoms with Crippen molar-refractivity contribution in [2.45, 2.75) is 45.6 Å². The predicted molar refractivity (Wildman–Crippen MR) is 135 cm³/mol. The molecule has 1 N–H and O–H groups in total. The van der Waals surface area contributed by atoms with Gasteiger partial charge in [-0.25, -0.2) is 9.97 Å². The Balaban J connectivity index is 1.63. The second-order valence-electron chi connectivity index (χ2n) is 8.75. The van der Waals surface area contributed by atoms with Gasteiger partial charge in [-0.2, -0.15) is 17.9 Å². The Morgan fingerprint density at radius 3 is 2.91 bits per heavy atom. The summed E-state index contributed by atoms with van der Waals surface area (Å²) in [6.45, 7) is 4.60. The molecule has 0 aromatic carbocycles. The number of fused-ring (bicyclic) bond motifs is 1. The number of aryl methyl sites for hydroxylation is 1. The number of pyridine rings is 2. The molecule has 1 unspecified atom stereocenters. The number of nitrogens with zero attached hydrogens (tertiary/aromatic N) is 5. The number of aromatic nitrogens is 2. The van der Waals surface area contributed by atoms with Crippen molar-refractivity contribution in [3.63, 3.8) is 0 Å². The number of hydrogen-bond acceptors (Lipinski definition) is 8. The summed E-state index contributed by atoms with van der Waals surface area (Å²) in [5, 5.41) is 12.8. The second-order valence-corrected chi connectivity index (χ2v) is 9.19. The maximum absolute atomic E-state index is 12.6. The highest BCUT2D eigenvalue weighted by atomic mass is 32.1. The van der Waals surface area contributed by atoms with Crippen molar-refractivity contribution in [3.8, 4) is 6.07 Å². The number of aldehydes is 1. The van der Waals surface area contributed by atoms with E-state index in [0.717, 1.165) is 79.9 Å². The number of likely N-dealkylation sites (tertiary alicyclic amines) is 1. The Kier molecular flexibility index (Phi) is 7.68. The van der Waals surface area contributed by atoms with Crippen molar-refractivity contribution in [2.75, 3.05) is 35.6 Å². The molecule has 4 heterocycles. The maximum Gasteiger partial charge on any atom is 0.226 e. The number of rotatable bonds is 9. The molecule has 0 aliphatic carbocycles. The lowest BCUT2D eigenvalue weighted by Crippen LogP contribution is -2.30. The predicted octanol–water partition coefficient (Wildman–Crippen LogP) is 3.74. The average molecular weight is 479 g/mol. The second kappa shape index (κ2) is 10.9. The lowest BCUT2D eigenvalue weighted by atomic mass is 10.0. The first-order valence-corrected chi connectivity index (χ1v) is 12.5. The van der Waals surface area contributed by atoms with Gasteiger partial charge in [0.05, 0.1) is 11.3 Å². The molecule has 9 heteroatoms. The SMILES string of the molecule is CCC1CCN(Cc2cc3c(nc2C=O)N(c2cc(NCCCS)c(C#N)cn2)CCC3)C1=O. The Morgan fingerprint density at radius 2 is 2.21 bits per heavy atom. The average Bonchev–Trinajstić information content (AvgIpc) is 3.22. The summed E-state index contributed by atoms with van der Waals surface area (Å²) in [4.78, 5) is 37.7. The highest BCUT2D eigenvalue weighted by molar-refractivity contribution is 7.80. The summed E-state index contributed by atoms with van der Waals surface area (Å²) in [5.41, 5.74) is 3.41. The van der Waals surface area contributed by atoms with E-state index >= 15 is 0 Å². The van der Waals surface area contributed by atoms with Crippen LogP contribution < -0.4 is 10.2 Å². The van der Waals surface area contributed by atoms with Gasteiger partial charge in [-0.05, 0) is 49.5 Å². The molecule has 0 saturated carbocycles. The van der Waals surface area contributed by atoms with Crippen molar-refractivity contribution in [1.29, 1.82) is 5.26 Å². The minimum Gasteiger partial charge on any atom is -0.384 e. The zero-order valence-corrected chi connectivity index (χ0v) is 20.4. The lowest BCUT2D eigenvalue weighted by molar-refractivity contribution is -0.131. The van der Waals surface area contributed by atoms with Crippen molar-refractivity contribution < 1.29 is 9.59 Å². The molecule has 2 aromatic rings. The third-order valence-electron chi connectivity index (χ3n) is 6.59. The lowest BCUT2D eigenvalue weighted by Gasteiger charge is -2.30. The van der Waals surface area contributed by atoms with Gasteiger partial charge in [-0.15, -0.1) is 0 Å². The number of carbonyl (C=O) groups excluding carboxylic acids is 2. The third-order valence-corrected chi connectivity index (χ3v) is 6.90. The summed E-state index contributed by atoms with van der Waals surface area (Å²) in [6, 6.07) is 6.09. The molecule has 4 rings (SSSR count). The molecule has 2 aliphatic rings. The molecule has 34 heavy (non-hydrogen) atoms. The van der Waals surface area contributed by atoms with Gasteiger partial charge in [0, 0.05) is 49.9 Å². The van der Waals surface area contributed by atoms with E-state index in [0.29, 0.717) is 30.2 Å². The maximum atomic E-state index is 12.6. The van der Waals surface area contributed by atoms with E-state index < -0.39 is 0 Å². The summed E-state index contributed by atoms with van der Waals surface area (Å²) >= 11 is 4.24. The van der Waals surface area contributed by atoms with Crippen LogP contribution in [-0.2, 0) is 17.8 Å². The summed E-state index contributed by atoms with van der Waals surface area (Å²) < 4.78 is 0. The Labute approximate surface area is 205 Å². The van der Waals surface area contributed by atoms with Crippen LogP contribution in [0, 0.1) is 17.2 Å². The van der Waals surface area contributed by atoms with Crippen LogP contribution in [0.5, 0.6) is 0 Å². The van der Waals surface area contributed by atoms with E-state index in [1.54, 1.807) is 6.20 Å². The van der Waals surface area contributed by atoms with Crippen molar-refractivity contribution in [2.24, 2.45) is 5.92 Å². The highest BCUT2D eigenvalue weighted by Crippen LogP contribution is 2.34. The number of anilines is 3. The molecule has 1 atom stereocenters. The van der Waals surface area contributed by atoms with Crippen LogP contribution in [-0.4, -0.2) is 52.4 Å². The molecule has 0 bridgehead atoms. The van der Waals surface area contributed by atoms with Crippen LogP contribution in [0.3, 0.4) is 0 Å². The fourth-order valence-corrected chi connectivity index (χ4v) is 4.84. The summed E-state index contributed by atoms with van der Waals surface area (Å²) in [7, 11) is 0. The third kappa shape index (κ3) is 4.87. The molecule has 8 nitrogen and oxygen atoms in total. The van der Waals surface area contributed by atoms with Crippen LogP contribution >= 0.6 is 12.6 Å². The molecule has 0 radical (unpaired) electrons.